The first kappa shape index (κ1) is 19.6. The van der Waals surface area contributed by atoms with Gasteiger partial charge in [-0.1, -0.05) is 30.3 Å². The summed E-state index contributed by atoms with van der Waals surface area (Å²) in [6, 6.07) is 13.3. The Morgan fingerprint density at radius 2 is 1.93 bits per heavy atom. The lowest BCUT2D eigenvalue weighted by Crippen LogP contribution is -2.64. The van der Waals surface area contributed by atoms with Crippen molar-refractivity contribution in [2.75, 3.05) is 46.3 Å². The number of aromatic amines is 1. The molecule has 2 fully saturated rings. The fourth-order valence-electron chi connectivity index (χ4n) is 4.47. The van der Waals surface area contributed by atoms with Gasteiger partial charge in [0.2, 0.25) is 0 Å². The molecule has 29 heavy (non-hydrogen) atoms. The average molecular weight is 393 g/mol. The Morgan fingerprint density at radius 3 is 2.59 bits per heavy atom. The Morgan fingerprint density at radius 1 is 1.21 bits per heavy atom. The predicted octanol–water partition coefficient (Wildman–Crippen LogP) is 1.24. The van der Waals surface area contributed by atoms with Gasteiger partial charge in [0.05, 0.1) is 11.6 Å². The number of hydrogen-bond acceptors (Lipinski definition) is 5. The van der Waals surface area contributed by atoms with Gasteiger partial charge in [0, 0.05) is 45.5 Å². The summed E-state index contributed by atoms with van der Waals surface area (Å²) in [4.78, 5) is 22.3. The minimum atomic E-state index is -0.999. The van der Waals surface area contributed by atoms with Crippen LogP contribution in [0.25, 0.3) is 0 Å². The predicted molar refractivity (Wildman–Crippen MR) is 109 cm³/mol. The van der Waals surface area contributed by atoms with Crippen LogP contribution in [0, 0.1) is 11.3 Å². The largest absolute Gasteiger partial charge is 0.383 e. The van der Waals surface area contributed by atoms with E-state index < -0.39 is 5.60 Å². The molecule has 1 aromatic heterocycles. The zero-order valence-corrected chi connectivity index (χ0v) is 16.7. The minimum absolute atomic E-state index is 0.124. The molecule has 2 atom stereocenters. The molecule has 2 N–H and O–H groups in total. The van der Waals surface area contributed by atoms with Crippen LogP contribution in [0.5, 0.6) is 0 Å². The van der Waals surface area contributed by atoms with Crippen LogP contribution < -0.4 is 0 Å². The molecule has 7 nitrogen and oxygen atoms in total. The number of benzene rings is 1. The fraction of sp³-hybridized carbons (Fsp3) is 0.455. The van der Waals surface area contributed by atoms with E-state index in [1.165, 1.54) is 0 Å². The van der Waals surface area contributed by atoms with E-state index in [2.05, 4.69) is 21.8 Å². The first-order valence-corrected chi connectivity index (χ1v) is 10.1. The highest BCUT2D eigenvalue weighted by Crippen LogP contribution is 2.36. The van der Waals surface area contributed by atoms with Crippen molar-refractivity contribution in [1.82, 2.24) is 19.7 Å². The lowest BCUT2D eigenvalue weighted by atomic mass is 9.79. The third kappa shape index (κ3) is 3.79. The Kier molecular flexibility index (Phi) is 5.41. The number of H-pyrrole nitrogens is 1. The van der Waals surface area contributed by atoms with Gasteiger partial charge in [-0.2, -0.15) is 5.26 Å². The quantitative estimate of drug-likeness (QED) is 0.819. The number of rotatable bonds is 3. The van der Waals surface area contributed by atoms with E-state index in [0.29, 0.717) is 30.8 Å². The summed E-state index contributed by atoms with van der Waals surface area (Å²) < 4.78 is 0. The highest BCUT2D eigenvalue weighted by atomic mass is 16.3. The Hall–Kier alpha value is -2.66. The number of nitrogens with zero attached hydrogens (tertiary/aromatic N) is 4. The molecule has 0 unspecified atom stereocenters. The van der Waals surface area contributed by atoms with Crippen molar-refractivity contribution in [2.24, 2.45) is 0 Å². The van der Waals surface area contributed by atoms with Crippen molar-refractivity contribution in [3.63, 3.8) is 0 Å². The number of amides is 1. The third-order valence-electron chi connectivity index (χ3n) is 6.29. The fourth-order valence-corrected chi connectivity index (χ4v) is 4.47. The number of piperidine rings is 1. The maximum atomic E-state index is 13.0. The van der Waals surface area contributed by atoms with Gasteiger partial charge in [-0.05, 0) is 25.1 Å². The van der Waals surface area contributed by atoms with Crippen LogP contribution >= 0.6 is 0 Å². The molecule has 0 radical (unpaired) electrons. The molecule has 3 heterocycles. The van der Waals surface area contributed by atoms with Crippen LogP contribution in [0.1, 0.15) is 28.0 Å². The van der Waals surface area contributed by atoms with Crippen LogP contribution in [0.2, 0.25) is 0 Å². The SMILES string of the molecule is CN1CCN([C@@H]2CN(C(=O)c3cc(C#N)c[nH]3)CC[C@]2(O)c2ccccc2)CC1. The molecule has 1 amide bonds. The first-order chi connectivity index (χ1) is 14.0. The molecule has 2 saturated heterocycles. The number of aromatic nitrogens is 1. The highest BCUT2D eigenvalue weighted by Gasteiger charge is 2.47. The van der Waals surface area contributed by atoms with Crippen LogP contribution in [0.15, 0.2) is 42.6 Å². The van der Waals surface area contributed by atoms with Crippen molar-refractivity contribution >= 4 is 5.91 Å². The standard InChI is InChI=1S/C22H27N5O2/c1-25-9-11-26(12-10-25)20-16-27(21(28)19-13-17(14-23)15-24-19)8-7-22(20,29)18-5-3-2-4-6-18/h2-6,13,15,20,24,29H,7-12,16H2,1H3/t20-,22+/m1/s1. The van der Waals surface area contributed by atoms with E-state index in [-0.39, 0.29) is 11.9 Å². The molecule has 0 spiro atoms. The van der Waals surface area contributed by atoms with Crippen LogP contribution in [0.3, 0.4) is 0 Å². The number of nitrogens with one attached hydrogen (secondary N) is 1. The van der Waals surface area contributed by atoms with Gasteiger partial charge in [0.15, 0.2) is 0 Å². The first-order valence-electron chi connectivity index (χ1n) is 10.1. The molecule has 0 aliphatic carbocycles. The van der Waals surface area contributed by atoms with E-state index in [0.717, 1.165) is 31.7 Å². The summed E-state index contributed by atoms with van der Waals surface area (Å²) in [5, 5.41) is 20.8. The topological polar surface area (TPSA) is 86.6 Å². The molecular weight excluding hydrogens is 366 g/mol. The van der Waals surface area contributed by atoms with Gasteiger partial charge in [-0.25, -0.2) is 0 Å². The molecule has 2 aliphatic rings. The summed E-state index contributed by atoms with van der Waals surface area (Å²) in [7, 11) is 2.11. The second-order valence-corrected chi connectivity index (χ2v) is 8.06. The van der Waals surface area contributed by atoms with Gasteiger partial charge in [0.25, 0.3) is 5.91 Å². The molecule has 2 aliphatic heterocycles. The number of aliphatic hydroxyl groups is 1. The van der Waals surface area contributed by atoms with Crippen molar-refractivity contribution < 1.29 is 9.90 Å². The van der Waals surface area contributed by atoms with Gasteiger partial charge < -0.3 is 19.9 Å². The van der Waals surface area contributed by atoms with Crippen molar-refractivity contribution in [3.8, 4) is 6.07 Å². The zero-order valence-electron chi connectivity index (χ0n) is 16.7. The second-order valence-electron chi connectivity index (χ2n) is 8.06. The zero-order chi connectivity index (χ0) is 20.4. The van der Waals surface area contributed by atoms with Gasteiger partial charge in [0.1, 0.15) is 17.4 Å². The number of nitriles is 1. The molecular formula is C22H27N5O2. The van der Waals surface area contributed by atoms with Gasteiger partial charge in [-0.15, -0.1) is 0 Å². The second kappa shape index (κ2) is 7.99. The van der Waals surface area contributed by atoms with Crippen molar-refractivity contribution in [1.29, 1.82) is 5.26 Å². The summed E-state index contributed by atoms with van der Waals surface area (Å²) in [6.45, 7) is 4.53. The molecule has 7 heteroatoms. The summed E-state index contributed by atoms with van der Waals surface area (Å²) in [5.74, 6) is -0.124. The molecule has 0 saturated carbocycles. The molecule has 0 bridgehead atoms. The van der Waals surface area contributed by atoms with Crippen LogP contribution in [0.4, 0.5) is 0 Å². The van der Waals surface area contributed by atoms with Gasteiger partial charge in [-0.3, -0.25) is 9.69 Å². The Balaban J connectivity index is 1.61. The lowest BCUT2D eigenvalue weighted by Gasteiger charge is -2.51. The minimum Gasteiger partial charge on any atom is -0.383 e. The Labute approximate surface area is 171 Å². The third-order valence-corrected chi connectivity index (χ3v) is 6.29. The lowest BCUT2D eigenvalue weighted by molar-refractivity contribution is -0.101. The van der Waals surface area contributed by atoms with Crippen molar-refractivity contribution in [2.45, 2.75) is 18.1 Å². The highest BCUT2D eigenvalue weighted by molar-refractivity contribution is 5.93. The van der Waals surface area contributed by atoms with E-state index >= 15 is 0 Å². The monoisotopic (exact) mass is 393 g/mol. The number of hydrogen-bond donors (Lipinski definition) is 2. The maximum Gasteiger partial charge on any atom is 0.270 e. The summed E-state index contributed by atoms with van der Waals surface area (Å²) >= 11 is 0. The van der Waals surface area contributed by atoms with E-state index in [1.807, 2.05) is 36.4 Å². The summed E-state index contributed by atoms with van der Waals surface area (Å²) in [5.41, 5.74) is 0.773. The molecule has 152 valence electrons. The number of likely N-dealkylation sites (N-methyl/N-ethyl adjacent to an activating group) is 1. The number of piperazine rings is 1. The average Bonchev–Trinajstić information content (AvgIpc) is 3.24. The van der Waals surface area contributed by atoms with E-state index in [9.17, 15) is 9.90 Å². The van der Waals surface area contributed by atoms with Crippen molar-refractivity contribution in [3.05, 3.63) is 59.4 Å². The van der Waals surface area contributed by atoms with Crippen LogP contribution in [-0.4, -0.2) is 83.1 Å². The summed E-state index contributed by atoms with van der Waals surface area (Å²) in [6.07, 6.45) is 2.03. The molecule has 4 rings (SSSR count). The molecule has 1 aromatic carbocycles. The van der Waals surface area contributed by atoms with E-state index in [1.54, 1.807) is 17.2 Å². The number of carbonyl (C=O) groups excluding carboxylic acids is 1. The Bertz CT molecular complexity index is 897. The van der Waals surface area contributed by atoms with Crippen LogP contribution in [-0.2, 0) is 5.60 Å². The molecule has 2 aromatic rings. The maximum absolute atomic E-state index is 13.0. The number of likely N-dealkylation sites (tertiary alicyclic amines) is 1. The van der Waals surface area contributed by atoms with E-state index in [4.69, 9.17) is 5.26 Å². The smallest absolute Gasteiger partial charge is 0.270 e. The normalized spacial score (nSPS) is 26.2. The van der Waals surface area contributed by atoms with Gasteiger partial charge >= 0.3 is 0 Å². The number of carbonyl (C=O) groups is 1.